The van der Waals surface area contributed by atoms with E-state index in [0.29, 0.717) is 36.9 Å². The van der Waals surface area contributed by atoms with Crippen LogP contribution in [-0.4, -0.2) is 57.4 Å². The monoisotopic (exact) mass is 342 g/mol. The molecule has 2 aliphatic rings. The Kier molecular flexibility index (Phi) is 3.27. The van der Waals surface area contributed by atoms with Crippen LogP contribution >= 0.6 is 0 Å². The van der Waals surface area contributed by atoms with E-state index in [1.165, 1.54) is 12.5 Å². The third kappa shape index (κ3) is 2.31. The molecule has 0 aliphatic carbocycles. The molecule has 0 saturated carbocycles. The predicted molar refractivity (Wildman–Crippen MR) is 92.4 cm³/mol. The molecule has 0 radical (unpaired) electrons. The number of likely N-dealkylation sites (tertiary alicyclic amines) is 1. The van der Waals surface area contributed by atoms with Crippen molar-refractivity contribution in [1.29, 1.82) is 0 Å². The molecular weight excluding hydrogens is 323 g/mol. The smallest absolute Gasteiger partial charge is 0.319 e. The van der Waals surface area contributed by atoms with E-state index in [2.05, 4.69) is 32.3 Å². The van der Waals surface area contributed by atoms with E-state index in [1.807, 2.05) is 4.68 Å². The third-order valence-electron chi connectivity index (χ3n) is 5.19. The SMILES string of the molecule is CN1CCC[C@H]1COc1nc2c3c(n1)c(F)cc1cnn(c13)CCN2. The summed E-state index contributed by atoms with van der Waals surface area (Å²) in [5.41, 5.74) is 1.15. The molecule has 3 aromatic rings. The van der Waals surface area contributed by atoms with Gasteiger partial charge >= 0.3 is 6.01 Å². The number of nitrogens with zero attached hydrogens (tertiary/aromatic N) is 5. The molecule has 0 amide bonds. The molecule has 1 saturated heterocycles. The summed E-state index contributed by atoms with van der Waals surface area (Å²) in [6.45, 7) is 2.97. The summed E-state index contributed by atoms with van der Waals surface area (Å²) in [6, 6.07) is 2.07. The van der Waals surface area contributed by atoms with Gasteiger partial charge in [0.25, 0.3) is 0 Å². The van der Waals surface area contributed by atoms with Crippen LogP contribution in [0.3, 0.4) is 0 Å². The standard InChI is InChI=1S/C17H19FN6O/c1-23-5-2-3-11(23)9-25-17-21-14-12(18)7-10-8-20-24-6-4-19-16(22-17)13(14)15(10)24/h7-8,11H,2-6,9H2,1H3,(H,19,21,22)/t11-/m0/s1. The summed E-state index contributed by atoms with van der Waals surface area (Å²) in [7, 11) is 2.09. The molecule has 7 nitrogen and oxygen atoms in total. The Labute approximate surface area is 143 Å². The van der Waals surface area contributed by atoms with Crippen LogP contribution in [0.4, 0.5) is 10.2 Å². The van der Waals surface area contributed by atoms with Crippen LogP contribution in [0.2, 0.25) is 0 Å². The molecule has 25 heavy (non-hydrogen) atoms. The van der Waals surface area contributed by atoms with Crippen molar-refractivity contribution in [3.63, 3.8) is 0 Å². The fraction of sp³-hybridized carbons (Fsp3) is 0.471. The number of benzene rings is 1. The van der Waals surface area contributed by atoms with Gasteiger partial charge < -0.3 is 15.0 Å². The molecule has 0 spiro atoms. The van der Waals surface area contributed by atoms with Gasteiger partial charge in [-0.3, -0.25) is 4.68 Å². The van der Waals surface area contributed by atoms with Crippen LogP contribution in [0, 0.1) is 5.82 Å². The first-order valence-corrected chi connectivity index (χ1v) is 8.63. The first-order valence-electron chi connectivity index (χ1n) is 8.63. The molecule has 5 rings (SSSR count). The van der Waals surface area contributed by atoms with Crippen LogP contribution < -0.4 is 10.1 Å². The molecule has 1 atom stereocenters. The maximum Gasteiger partial charge on any atom is 0.319 e. The van der Waals surface area contributed by atoms with Crippen molar-refractivity contribution < 1.29 is 9.13 Å². The zero-order chi connectivity index (χ0) is 17.0. The van der Waals surface area contributed by atoms with Crippen molar-refractivity contribution in [1.82, 2.24) is 24.6 Å². The molecule has 1 aromatic carbocycles. The van der Waals surface area contributed by atoms with Crippen LogP contribution in [-0.2, 0) is 6.54 Å². The number of ether oxygens (including phenoxy) is 1. The number of likely N-dealkylation sites (N-methyl/N-ethyl adjacent to an activating group) is 1. The van der Waals surface area contributed by atoms with Crippen molar-refractivity contribution in [2.75, 3.05) is 32.1 Å². The predicted octanol–water partition coefficient (Wildman–Crippen LogP) is 2.02. The Morgan fingerprint density at radius 2 is 2.28 bits per heavy atom. The van der Waals surface area contributed by atoms with E-state index in [9.17, 15) is 4.39 Å². The number of halogens is 1. The molecule has 1 N–H and O–H groups in total. The average molecular weight is 342 g/mol. The number of nitrogens with one attached hydrogen (secondary N) is 1. The normalized spacial score (nSPS) is 20.3. The molecule has 0 bridgehead atoms. The zero-order valence-corrected chi connectivity index (χ0v) is 14.0. The molecule has 0 unspecified atom stereocenters. The van der Waals surface area contributed by atoms with Crippen LogP contribution in [0.1, 0.15) is 12.8 Å². The van der Waals surface area contributed by atoms with E-state index < -0.39 is 0 Å². The first kappa shape index (κ1) is 14.8. The highest BCUT2D eigenvalue weighted by Crippen LogP contribution is 2.34. The number of anilines is 1. The van der Waals surface area contributed by atoms with E-state index >= 15 is 0 Å². The molecule has 2 aromatic heterocycles. The summed E-state index contributed by atoms with van der Waals surface area (Å²) in [5, 5.41) is 9.05. The van der Waals surface area contributed by atoms with Gasteiger partial charge in [-0.25, -0.2) is 4.39 Å². The number of rotatable bonds is 3. The number of hydrogen-bond donors (Lipinski definition) is 1. The van der Waals surface area contributed by atoms with E-state index in [0.717, 1.165) is 23.9 Å². The Morgan fingerprint density at radius 3 is 3.12 bits per heavy atom. The highest BCUT2D eigenvalue weighted by molar-refractivity contribution is 6.10. The lowest BCUT2D eigenvalue weighted by atomic mass is 10.1. The van der Waals surface area contributed by atoms with E-state index in [1.54, 1.807) is 6.20 Å². The van der Waals surface area contributed by atoms with Crippen LogP contribution in [0.25, 0.3) is 21.8 Å². The van der Waals surface area contributed by atoms with Gasteiger partial charge in [0.1, 0.15) is 17.9 Å². The largest absolute Gasteiger partial charge is 0.462 e. The van der Waals surface area contributed by atoms with E-state index in [4.69, 9.17) is 4.74 Å². The minimum Gasteiger partial charge on any atom is -0.462 e. The fourth-order valence-corrected chi connectivity index (χ4v) is 3.82. The second-order valence-electron chi connectivity index (χ2n) is 6.76. The summed E-state index contributed by atoms with van der Waals surface area (Å²) >= 11 is 0. The van der Waals surface area contributed by atoms with Crippen molar-refractivity contribution in [3.05, 3.63) is 18.1 Å². The van der Waals surface area contributed by atoms with Crippen LogP contribution in [0.15, 0.2) is 12.3 Å². The maximum atomic E-state index is 14.6. The van der Waals surface area contributed by atoms with Crippen LogP contribution in [0.5, 0.6) is 6.01 Å². The Hall–Kier alpha value is -2.48. The third-order valence-corrected chi connectivity index (χ3v) is 5.19. The summed E-state index contributed by atoms with van der Waals surface area (Å²) in [5.74, 6) is 0.237. The topological polar surface area (TPSA) is 68.1 Å². The highest BCUT2D eigenvalue weighted by atomic mass is 19.1. The molecule has 130 valence electrons. The minimum atomic E-state index is -0.378. The van der Waals surface area contributed by atoms with Gasteiger partial charge in [0.05, 0.1) is 23.6 Å². The molecule has 2 aliphatic heterocycles. The van der Waals surface area contributed by atoms with Gasteiger partial charge in [-0.2, -0.15) is 15.1 Å². The summed E-state index contributed by atoms with van der Waals surface area (Å²) in [4.78, 5) is 11.1. The summed E-state index contributed by atoms with van der Waals surface area (Å²) < 4.78 is 22.3. The Bertz CT molecular complexity index is 971. The second-order valence-corrected chi connectivity index (χ2v) is 6.76. The van der Waals surface area contributed by atoms with Gasteiger partial charge in [-0.05, 0) is 32.5 Å². The van der Waals surface area contributed by atoms with Crippen molar-refractivity contribution in [2.24, 2.45) is 0 Å². The maximum absolute atomic E-state index is 14.6. The Balaban J connectivity index is 1.60. The van der Waals surface area contributed by atoms with Gasteiger partial charge in [0.15, 0.2) is 5.82 Å². The first-order chi connectivity index (χ1) is 12.2. The number of hydrogen-bond acceptors (Lipinski definition) is 6. The second kappa shape index (κ2) is 5.52. The van der Waals surface area contributed by atoms with Gasteiger partial charge in [0.2, 0.25) is 0 Å². The number of aromatic nitrogens is 4. The minimum absolute atomic E-state index is 0.224. The zero-order valence-electron chi connectivity index (χ0n) is 14.0. The fourth-order valence-electron chi connectivity index (χ4n) is 3.82. The lowest BCUT2D eigenvalue weighted by Gasteiger charge is -2.19. The van der Waals surface area contributed by atoms with Gasteiger partial charge in [0, 0.05) is 18.0 Å². The lowest BCUT2D eigenvalue weighted by molar-refractivity contribution is 0.188. The molecular formula is C17H19FN6O. The average Bonchev–Trinajstić information content (AvgIpc) is 3.14. The van der Waals surface area contributed by atoms with Crippen molar-refractivity contribution in [3.8, 4) is 6.01 Å². The Morgan fingerprint density at radius 1 is 1.36 bits per heavy atom. The van der Waals surface area contributed by atoms with Crippen molar-refractivity contribution >= 4 is 27.6 Å². The molecule has 1 fully saturated rings. The molecule has 4 heterocycles. The van der Waals surface area contributed by atoms with Gasteiger partial charge in [-0.1, -0.05) is 0 Å². The highest BCUT2D eigenvalue weighted by Gasteiger charge is 2.24. The lowest BCUT2D eigenvalue weighted by Crippen LogP contribution is -2.30. The van der Waals surface area contributed by atoms with Crippen molar-refractivity contribution in [2.45, 2.75) is 25.4 Å². The molecule has 8 heteroatoms. The van der Waals surface area contributed by atoms with E-state index in [-0.39, 0.29) is 17.3 Å². The summed E-state index contributed by atoms with van der Waals surface area (Å²) in [6.07, 6.45) is 3.96. The quantitative estimate of drug-likeness (QED) is 0.785. The van der Waals surface area contributed by atoms with Gasteiger partial charge in [-0.15, -0.1) is 0 Å².